The second kappa shape index (κ2) is 6.25. The van der Waals surface area contributed by atoms with E-state index in [0.717, 1.165) is 11.4 Å². The van der Waals surface area contributed by atoms with E-state index in [1.54, 1.807) is 0 Å². The van der Waals surface area contributed by atoms with E-state index in [4.69, 9.17) is 0 Å². The van der Waals surface area contributed by atoms with E-state index in [1.165, 1.54) is 23.8 Å². The van der Waals surface area contributed by atoms with Gasteiger partial charge in [0.25, 0.3) is 0 Å². The van der Waals surface area contributed by atoms with Gasteiger partial charge in [-0.2, -0.15) is 0 Å². The van der Waals surface area contributed by atoms with E-state index in [9.17, 15) is 0 Å². The quantitative estimate of drug-likeness (QED) is 0.779. The van der Waals surface area contributed by atoms with Gasteiger partial charge in [0.05, 0.1) is 0 Å². The molecule has 0 fully saturated rings. The Morgan fingerprint density at radius 1 is 0.842 bits per heavy atom. The first-order valence-corrected chi connectivity index (χ1v) is 9.75. The van der Waals surface area contributed by atoms with Gasteiger partial charge in [-0.15, -0.1) is 0 Å². The van der Waals surface area contributed by atoms with Crippen molar-refractivity contribution in [1.82, 2.24) is 9.97 Å². The van der Waals surface area contributed by atoms with Crippen molar-refractivity contribution in [2.24, 2.45) is 0 Å². The summed E-state index contributed by atoms with van der Waals surface area (Å²) in [6.45, 7) is 7.00. The van der Waals surface area contributed by atoms with Crippen LogP contribution in [0, 0.1) is 0 Å². The summed E-state index contributed by atoms with van der Waals surface area (Å²) in [7, 11) is -1.33. The fourth-order valence-corrected chi connectivity index (χ4v) is 6.37. The van der Waals surface area contributed by atoms with Crippen LogP contribution in [0.2, 0.25) is 0 Å². The van der Waals surface area contributed by atoms with Gasteiger partial charge in [0.1, 0.15) is 0 Å². The second-order valence-corrected chi connectivity index (χ2v) is 10.2. The number of rotatable bonds is 5. The van der Waals surface area contributed by atoms with Crippen LogP contribution < -0.4 is 5.30 Å². The maximum atomic E-state index is 4.49. The molecule has 2 heterocycles. The summed E-state index contributed by atoms with van der Waals surface area (Å²) >= 11 is 0. The first kappa shape index (κ1) is 14.1. The summed E-state index contributed by atoms with van der Waals surface area (Å²) in [6.07, 6.45) is 7.67. The average molecular weight is 274 g/mol. The van der Waals surface area contributed by atoms with Gasteiger partial charge in [-0.1, -0.05) is 0 Å². The van der Waals surface area contributed by atoms with Crippen molar-refractivity contribution in [3.05, 3.63) is 42.7 Å². The molecule has 0 aromatic carbocycles. The van der Waals surface area contributed by atoms with Crippen molar-refractivity contribution in [3.63, 3.8) is 0 Å². The van der Waals surface area contributed by atoms with E-state index in [1.807, 2.05) is 30.6 Å². The number of hydrogen-bond donors (Lipinski definition) is 0. The number of nitrogens with zero attached hydrogens (tertiary/aromatic N) is 2. The van der Waals surface area contributed by atoms with E-state index >= 15 is 0 Å². The van der Waals surface area contributed by atoms with Crippen molar-refractivity contribution < 1.29 is 0 Å². The van der Waals surface area contributed by atoms with Crippen LogP contribution in [0.1, 0.15) is 20.8 Å². The van der Waals surface area contributed by atoms with Crippen LogP contribution in [0.4, 0.5) is 0 Å². The molecule has 2 nitrogen and oxygen atoms in total. The monoisotopic (exact) mass is 274 g/mol. The Morgan fingerprint density at radius 3 is 2.11 bits per heavy atom. The zero-order valence-electron chi connectivity index (χ0n) is 12.1. The fraction of sp³-hybridized carbons (Fsp3) is 0.375. The molecule has 0 saturated carbocycles. The third-order valence-electron chi connectivity index (χ3n) is 4.33. The van der Waals surface area contributed by atoms with Gasteiger partial charge >= 0.3 is 116 Å². The van der Waals surface area contributed by atoms with Crippen LogP contribution in [-0.4, -0.2) is 28.5 Å². The van der Waals surface area contributed by atoms with Crippen LogP contribution in [0.3, 0.4) is 0 Å². The number of hydrogen-bond acceptors (Lipinski definition) is 2. The zero-order valence-corrected chi connectivity index (χ0v) is 13.1. The molecule has 0 atom stereocenters. The normalized spacial score (nSPS) is 12.4. The predicted molar refractivity (Wildman–Crippen MR) is 87.0 cm³/mol. The SMILES string of the molecule is CC[PH](CC)(CC)c1ccnc(-c2ccccn2)c1. The maximum absolute atomic E-state index is 4.49. The topological polar surface area (TPSA) is 25.8 Å². The minimum atomic E-state index is -1.33. The molecule has 0 amide bonds. The standard InChI is InChI=1S/C16H23N2P/c1-4-19(5-2,6-3)14-10-12-18-16(13-14)15-9-7-8-11-17-15/h7-13,19H,4-6H2,1-3H3. The predicted octanol–water partition coefficient (Wildman–Crippen LogP) is 3.58. The molecule has 0 unspecified atom stereocenters. The van der Waals surface area contributed by atoms with Crippen LogP contribution in [0.25, 0.3) is 11.4 Å². The Balaban J connectivity index is 2.45. The fourth-order valence-electron chi connectivity index (χ4n) is 2.78. The van der Waals surface area contributed by atoms with E-state index in [-0.39, 0.29) is 0 Å². The molecule has 0 aliphatic rings. The number of pyridine rings is 2. The van der Waals surface area contributed by atoms with Crippen molar-refractivity contribution in [2.75, 3.05) is 18.5 Å². The Morgan fingerprint density at radius 2 is 1.53 bits per heavy atom. The molecule has 3 heteroatoms. The molecular weight excluding hydrogens is 251 g/mol. The molecule has 2 aromatic rings. The molecule has 0 saturated heterocycles. The Hall–Kier alpha value is -1.27. The average Bonchev–Trinajstić information content (AvgIpc) is 2.51. The van der Waals surface area contributed by atoms with Gasteiger partial charge in [0, 0.05) is 0 Å². The Bertz CT molecular complexity index is 513. The molecular formula is C16H23N2P. The summed E-state index contributed by atoms with van der Waals surface area (Å²) in [4.78, 5) is 8.89. The van der Waals surface area contributed by atoms with Crippen LogP contribution >= 0.6 is 7.26 Å². The van der Waals surface area contributed by atoms with E-state index < -0.39 is 7.26 Å². The molecule has 0 aliphatic heterocycles. The van der Waals surface area contributed by atoms with E-state index in [2.05, 4.69) is 42.9 Å². The molecule has 0 aliphatic carbocycles. The zero-order chi connectivity index (χ0) is 13.7. The molecule has 19 heavy (non-hydrogen) atoms. The molecule has 2 rings (SSSR count). The van der Waals surface area contributed by atoms with Gasteiger partial charge in [0.2, 0.25) is 0 Å². The van der Waals surface area contributed by atoms with Gasteiger partial charge in [-0.05, 0) is 0 Å². The summed E-state index contributed by atoms with van der Waals surface area (Å²) in [6, 6.07) is 10.5. The summed E-state index contributed by atoms with van der Waals surface area (Å²) < 4.78 is 0. The third kappa shape index (κ3) is 2.84. The van der Waals surface area contributed by atoms with Crippen molar-refractivity contribution >= 4 is 12.6 Å². The van der Waals surface area contributed by atoms with Gasteiger partial charge in [-0.3, -0.25) is 0 Å². The summed E-state index contributed by atoms with van der Waals surface area (Å²) in [5.74, 6) is 0. The van der Waals surface area contributed by atoms with Crippen molar-refractivity contribution in [2.45, 2.75) is 20.8 Å². The van der Waals surface area contributed by atoms with Crippen molar-refractivity contribution in [3.8, 4) is 11.4 Å². The third-order valence-corrected chi connectivity index (χ3v) is 9.93. The first-order valence-electron chi connectivity index (χ1n) is 7.13. The van der Waals surface area contributed by atoms with Gasteiger partial charge in [0.15, 0.2) is 0 Å². The van der Waals surface area contributed by atoms with Crippen molar-refractivity contribution in [1.29, 1.82) is 0 Å². The molecule has 0 bridgehead atoms. The molecule has 0 spiro atoms. The van der Waals surface area contributed by atoms with Gasteiger partial charge < -0.3 is 0 Å². The second-order valence-electron chi connectivity index (χ2n) is 4.99. The van der Waals surface area contributed by atoms with Crippen LogP contribution in [-0.2, 0) is 0 Å². The Kier molecular flexibility index (Phi) is 4.66. The number of aromatic nitrogens is 2. The van der Waals surface area contributed by atoms with Gasteiger partial charge in [-0.25, -0.2) is 0 Å². The summed E-state index contributed by atoms with van der Waals surface area (Å²) in [5, 5.41) is 1.52. The molecule has 0 N–H and O–H groups in total. The van der Waals surface area contributed by atoms with Crippen LogP contribution in [0.5, 0.6) is 0 Å². The summed E-state index contributed by atoms with van der Waals surface area (Å²) in [5.41, 5.74) is 1.97. The van der Waals surface area contributed by atoms with Crippen LogP contribution in [0.15, 0.2) is 42.7 Å². The molecule has 0 radical (unpaired) electrons. The molecule has 2 aromatic heterocycles. The Labute approximate surface area is 116 Å². The first-order chi connectivity index (χ1) is 9.25. The molecule has 102 valence electrons. The minimum absolute atomic E-state index is 0.968. The van der Waals surface area contributed by atoms with E-state index in [0.29, 0.717) is 0 Å².